The predicted molar refractivity (Wildman–Crippen MR) is 114 cm³/mol. The first kappa shape index (κ1) is 18.6. The van der Waals surface area contributed by atoms with Gasteiger partial charge in [0.15, 0.2) is 0 Å². The van der Waals surface area contributed by atoms with Gasteiger partial charge in [-0.3, -0.25) is 4.79 Å². The van der Waals surface area contributed by atoms with Crippen LogP contribution in [0.4, 0.5) is 5.69 Å². The van der Waals surface area contributed by atoms with Crippen molar-refractivity contribution in [3.05, 3.63) is 71.8 Å². The maximum absolute atomic E-state index is 12.6. The molecule has 4 aromatic rings. The third-order valence-corrected chi connectivity index (χ3v) is 4.71. The SMILES string of the molecule is COc1ccc(NC(=O)c2ccc(-c3nc4ccc(C)cc4[nH]3)cc2)c(OC)c1. The molecular formula is C23H21N3O3. The Morgan fingerprint density at radius 1 is 0.966 bits per heavy atom. The first-order chi connectivity index (χ1) is 14.1. The minimum absolute atomic E-state index is 0.222. The number of carbonyl (C=O) groups is 1. The van der Waals surface area contributed by atoms with Gasteiger partial charge in [-0.05, 0) is 48.9 Å². The van der Waals surface area contributed by atoms with E-state index in [1.807, 2.05) is 31.2 Å². The monoisotopic (exact) mass is 387 g/mol. The molecule has 0 unspecified atom stereocenters. The van der Waals surface area contributed by atoms with E-state index >= 15 is 0 Å². The summed E-state index contributed by atoms with van der Waals surface area (Å²) in [7, 11) is 3.13. The number of aryl methyl sites for hydroxylation is 1. The molecule has 1 heterocycles. The van der Waals surface area contributed by atoms with Gasteiger partial charge in [0.25, 0.3) is 5.91 Å². The van der Waals surface area contributed by atoms with Crippen LogP contribution in [0.15, 0.2) is 60.7 Å². The first-order valence-electron chi connectivity index (χ1n) is 9.17. The molecule has 0 radical (unpaired) electrons. The summed E-state index contributed by atoms with van der Waals surface area (Å²) < 4.78 is 10.5. The van der Waals surface area contributed by atoms with Crippen molar-refractivity contribution < 1.29 is 14.3 Å². The third kappa shape index (κ3) is 3.78. The number of aromatic nitrogens is 2. The molecule has 146 valence electrons. The topological polar surface area (TPSA) is 76.2 Å². The minimum atomic E-state index is -0.222. The van der Waals surface area contributed by atoms with Crippen LogP contribution in [0.5, 0.6) is 11.5 Å². The molecule has 2 N–H and O–H groups in total. The second kappa shape index (κ2) is 7.67. The summed E-state index contributed by atoms with van der Waals surface area (Å²) in [6.07, 6.45) is 0. The maximum atomic E-state index is 12.6. The number of fused-ring (bicyclic) bond motifs is 1. The molecule has 29 heavy (non-hydrogen) atoms. The number of hydrogen-bond donors (Lipinski definition) is 2. The van der Waals surface area contributed by atoms with Gasteiger partial charge in [-0.25, -0.2) is 4.98 Å². The van der Waals surface area contributed by atoms with Gasteiger partial charge in [-0.1, -0.05) is 18.2 Å². The number of carbonyl (C=O) groups excluding carboxylic acids is 1. The fraction of sp³-hybridized carbons (Fsp3) is 0.130. The minimum Gasteiger partial charge on any atom is -0.497 e. The number of nitrogens with zero attached hydrogens (tertiary/aromatic N) is 1. The zero-order chi connectivity index (χ0) is 20.4. The Morgan fingerprint density at radius 3 is 2.48 bits per heavy atom. The smallest absolute Gasteiger partial charge is 0.255 e. The van der Waals surface area contributed by atoms with Crippen molar-refractivity contribution in [2.75, 3.05) is 19.5 Å². The quantitative estimate of drug-likeness (QED) is 0.515. The molecule has 0 aliphatic carbocycles. The summed E-state index contributed by atoms with van der Waals surface area (Å²) >= 11 is 0. The lowest BCUT2D eigenvalue weighted by molar-refractivity contribution is 0.102. The lowest BCUT2D eigenvalue weighted by Crippen LogP contribution is -2.12. The maximum Gasteiger partial charge on any atom is 0.255 e. The fourth-order valence-corrected chi connectivity index (χ4v) is 3.14. The van der Waals surface area contributed by atoms with Gasteiger partial charge in [0.2, 0.25) is 0 Å². The molecule has 1 aromatic heterocycles. The third-order valence-electron chi connectivity index (χ3n) is 4.71. The van der Waals surface area contributed by atoms with Gasteiger partial charge in [-0.15, -0.1) is 0 Å². The number of anilines is 1. The second-order valence-corrected chi connectivity index (χ2v) is 6.70. The van der Waals surface area contributed by atoms with Crippen LogP contribution in [-0.2, 0) is 0 Å². The molecule has 6 heteroatoms. The number of methoxy groups -OCH3 is 2. The van der Waals surface area contributed by atoms with Gasteiger partial charge in [-0.2, -0.15) is 0 Å². The standard InChI is InChI=1S/C23H21N3O3/c1-14-4-10-18-20(12-14)25-22(24-18)15-5-7-16(8-6-15)23(27)26-19-11-9-17(28-2)13-21(19)29-3/h4-13H,1-3H3,(H,24,25)(H,26,27). The van der Waals surface area contributed by atoms with Crippen LogP contribution in [0.3, 0.4) is 0 Å². The molecule has 0 spiro atoms. The molecule has 6 nitrogen and oxygen atoms in total. The molecular weight excluding hydrogens is 366 g/mol. The molecule has 0 fully saturated rings. The largest absolute Gasteiger partial charge is 0.497 e. The van der Waals surface area contributed by atoms with Gasteiger partial charge in [0, 0.05) is 17.2 Å². The van der Waals surface area contributed by atoms with E-state index in [0.29, 0.717) is 22.7 Å². The zero-order valence-corrected chi connectivity index (χ0v) is 16.4. The molecule has 0 saturated carbocycles. The van der Waals surface area contributed by atoms with Gasteiger partial charge >= 0.3 is 0 Å². The summed E-state index contributed by atoms with van der Waals surface area (Å²) in [6, 6.07) is 18.7. The van der Waals surface area contributed by atoms with Crippen molar-refractivity contribution in [2.45, 2.75) is 6.92 Å². The Balaban J connectivity index is 1.55. The Morgan fingerprint density at radius 2 is 1.76 bits per heavy atom. The van der Waals surface area contributed by atoms with Crippen LogP contribution >= 0.6 is 0 Å². The number of amides is 1. The second-order valence-electron chi connectivity index (χ2n) is 6.70. The van der Waals surface area contributed by atoms with Crippen LogP contribution in [0.25, 0.3) is 22.4 Å². The number of nitrogens with one attached hydrogen (secondary N) is 2. The summed E-state index contributed by atoms with van der Waals surface area (Å²) in [4.78, 5) is 20.6. The van der Waals surface area contributed by atoms with Crippen LogP contribution < -0.4 is 14.8 Å². The van der Waals surface area contributed by atoms with Crippen LogP contribution in [-0.4, -0.2) is 30.1 Å². The van der Waals surface area contributed by atoms with E-state index in [1.165, 1.54) is 5.56 Å². The summed E-state index contributed by atoms with van der Waals surface area (Å²) in [5.41, 5.74) is 5.12. The van der Waals surface area contributed by atoms with Crippen molar-refractivity contribution in [1.29, 1.82) is 0 Å². The predicted octanol–water partition coefficient (Wildman–Crippen LogP) is 4.81. The van der Waals surface area contributed by atoms with Crippen LogP contribution in [0, 0.1) is 6.92 Å². The number of benzene rings is 3. The average molecular weight is 387 g/mol. The van der Waals surface area contributed by atoms with Crippen molar-refractivity contribution in [3.63, 3.8) is 0 Å². The van der Waals surface area contributed by atoms with E-state index in [-0.39, 0.29) is 5.91 Å². The average Bonchev–Trinajstić information content (AvgIpc) is 3.17. The Kier molecular flexibility index (Phi) is 4.91. The fourth-order valence-electron chi connectivity index (χ4n) is 3.14. The van der Waals surface area contributed by atoms with Gasteiger partial charge in [0.05, 0.1) is 30.9 Å². The van der Waals surface area contributed by atoms with Gasteiger partial charge in [0.1, 0.15) is 17.3 Å². The highest BCUT2D eigenvalue weighted by Crippen LogP contribution is 2.29. The van der Waals surface area contributed by atoms with E-state index < -0.39 is 0 Å². The van der Waals surface area contributed by atoms with Crippen molar-refractivity contribution in [2.24, 2.45) is 0 Å². The number of H-pyrrole nitrogens is 1. The Bertz CT molecular complexity index is 1180. The Hall–Kier alpha value is -3.80. The van der Waals surface area contributed by atoms with Crippen molar-refractivity contribution in [1.82, 2.24) is 9.97 Å². The van der Waals surface area contributed by atoms with E-state index in [4.69, 9.17) is 9.47 Å². The first-order valence-corrected chi connectivity index (χ1v) is 9.17. The van der Waals surface area contributed by atoms with Crippen LogP contribution in [0.1, 0.15) is 15.9 Å². The van der Waals surface area contributed by atoms with Crippen molar-refractivity contribution in [3.8, 4) is 22.9 Å². The number of rotatable bonds is 5. The summed E-state index contributed by atoms with van der Waals surface area (Å²) in [6.45, 7) is 2.05. The van der Waals surface area contributed by atoms with E-state index in [0.717, 1.165) is 22.4 Å². The molecule has 3 aromatic carbocycles. The molecule has 0 aliphatic heterocycles. The molecule has 0 bridgehead atoms. The molecule has 1 amide bonds. The summed E-state index contributed by atoms with van der Waals surface area (Å²) in [5, 5.41) is 2.87. The van der Waals surface area contributed by atoms with E-state index in [1.54, 1.807) is 44.6 Å². The zero-order valence-electron chi connectivity index (χ0n) is 16.4. The van der Waals surface area contributed by atoms with E-state index in [2.05, 4.69) is 21.4 Å². The van der Waals surface area contributed by atoms with E-state index in [9.17, 15) is 4.79 Å². The highest BCUT2D eigenvalue weighted by Gasteiger charge is 2.12. The van der Waals surface area contributed by atoms with Crippen LogP contribution in [0.2, 0.25) is 0 Å². The molecule has 0 atom stereocenters. The lowest BCUT2D eigenvalue weighted by Gasteiger charge is -2.11. The highest BCUT2D eigenvalue weighted by molar-refractivity contribution is 6.05. The number of aromatic amines is 1. The molecule has 4 rings (SSSR count). The van der Waals surface area contributed by atoms with Crippen molar-refractivity contribution >= 4 is 22.6 Å². The normalized spacial score (nSPS) is 10.7. The van der Waals surface area contributed by atoms with Gasteiger partial charge < -0.3 is 19.8 Å². The number of hydrogen-bond acceptors (Lipinski definition) is 4. The lowest BCUT2D eigenvalue weighted by atomic mass is 10.1. The Labute approximate surface area is 168 Å². The highest BCUT2D eigenvalue weighted by atomic mass is 16.5. The summed E-state index contributed by atoms with van der Waals surface area (Å²) in [5.74, 6) is 1.74. The molecule has 0 aliphatic rings. The molecule has 0 saturated heterocycles. The number of imidazole rings is 1. The number of ether oxygens (including phenoxy) is 2.